The molecule has 7 heteroatoms. The zero-order chi connectivity index (χ0) is 22.9. The lowest BCUT2D eigenvalue weighted by molar-refractivity contribution is 0.103. The number of carbonyl (C=O) groups is 1. The van der Waals surface area contributed by atoms with E-state index >= 15 is 0 Å². The molecule has 3 aromatic heterocycles. The van der Waals surface area contributed by atoms with Crippen molar-refractivity contribution < 1.29 is 9.53 Å². The number of fused-ring (bicyclic) bond motifs is 1. The van der Waals surface area contributed by atoms with Gasteiger partial charge in [0, 0.05) is 40.6 Å². The van der Waals surface area contributed by atoms with Crippen LogP contribution in [0.2, 0.25) is 5.02 Å². The molecule has 0 saturated heterocycles. The average molecular weight is 457 g/mol. The summed E-state index contributed by atoms with van der Waals surface area (Å²) in [4.78, 5) is 17.8. The molecular formula is C26H21ClN4O2. The number of benzene rings is 2. The SMILES string of the molecule is COc1ccc2c(c1)c(C(=O)c1cnn(-c3cccnc3)c1)c(C)n2Cc1ccc(Cl)cc1. The lowest BCUT2D eigenvalue weighted by Crippen LogP contribution is -2.06. The first-order chi connectivity index (χ1) is 16.0. The smallest absolute Gasteiger partial charge is 0.198 e. The summed E-state index contributed by atoms with van der Waals surface area (Å²) in [5, 5.41) is 5.91. The van der Waals surface area contributed by atoms with Crippen LogP contribution >= 0.6 is 11.6 Å². The van der Waals surface area contributed by atoms with Gasteiger partial charge in [0.15, 0.2) is 5.78 Å². The molecule has 0 aliphatic carbocycles. The highest BCUT2D eigenvalue weighted by molar-refractivity contribution is 6.30. The molecule has 5 rings (SSSR count). The van der Waals surface area contributed by atoms with Crippen LogP contribution in [-0.4, -0.2) is 32.2 Å². The standard InChI is InChI=1S/C26H21ClN4O2/c1-17-25(26(32)19-13-29-31(16-19)21-4-3-11-28-14-21)23-12-22(33-2)9-10-24(23)30(17)15-18-5-7-20(27)8-6-18/h3-14,16H,15H2,1-2H3. The molecule has 0 aliphatic rings. The molecule has 3 heterocycles. The molecule has 6 nitrogen and oxygen atoms in total. The summed E-state index contributed by atoms with van der Waals surface area (Å²) in [6.07, 6.45) is 6.74. The first-order valence-electron chi connectivity index (χ1n) is 10.5. The van der Waals surface area contributed by atoms with Gasteiger partial charge in [0.05, 0.1) is 36.3 Å². The number of halogens is 1. The maximum Gasteiger partial charge on any atom is 0.198 e. The van der Waals surface area contributed by atoms with E-state index in [1.165, 1.54) is 0 Å². The van der Waals surface area contributed by atoms with Crippen LogP contribution in [0.1, 0.15) is 27.2 Å². The molecule has 0 unspecified atom stereocenters. The fourth-order valence-corrected chi connectivity index (χ4v) is 4.19. The Hall–Kier alpha value is -3.90. The molecule has 164 valence electrons. The van der Waals surface area contributed by atoms with Gasteiger partial charge in [-0.1, -0.05) is 23.7 Å². The number of nitrogens with zero attached hydrogens (tertiary/aromatic N) is 4. The highest BCUT2D eigenvalue weighted by Gasteiger charge is 2.23. The van der Waals surface area contributed by atoms with Gasteiger partial charge in [0.1, 0.15) is 5.75 Å². The Labute approximate surface area is 196 Å². The van der Waals surface area contributed by atoms with Crippen molar-refractivity contribution in [2.24, 2.45) is 0 Å². The third-order valence-corrected chi connectivity index (χ3v) is 6.02. The van der Waals surface area contributed by atoms with Gasteiger partial charge in [-0.2, -0.15) is 5.10 Å². The Morgan fingerprint density at radius 2 is 1.91 bits per heavy atom. The van der Waals surface area contributed by atoms with Crippen LogP contribution in [0.3, 0.4) is 0 Å². The van der Waals surface area contributed by atoms with E-state index in [4.69, 9.17) is 16.3 Å². The first kappa shape index (κ1) is 21.0. The molecule has 0 atom stereocenters. The fourth-order valence-electron chi connectivity index (χ4n) is 4.07. The number of ketones is 1. The molecule has 0 saturated carbocycles. The van der Waals surface area contributed by atoms with Crippen molar-refractivity contribution in [1.82, 2.24) is 19.3 Å². The summed E-state index contributed by atoms with van der Waals surface area (Å²) in [5.74, 6) is 0.613. The van der Waals surface area contributed by atoms with E-state index in [1.807, 2.05) is 61.5 Å². The lowest BCUT2D eigenvalue weighted by Gasteiger charge is -2.09. The van der Waals surface area contributed by atoms with Gasteiger partial charge in [-0.15, -0.1) is 0 Å². The molecule has 5 aromatic rings. The molecule has 0 spiro atoms. The van der Waals surface area contributed by atoms with E-state index in [0.717, 1.165) is 27.8 Å². The van der Waals surface area contributed by atoms with Gasteiger partial charge in [-0.25, -0.2) is 4.68 Å². The van der Waals surface area contributed by atoms with Gasteiger partial charge >= 0.3 is 0 Å². The van der Waals surface area contributed by atoms with Crippen molar-refractivity contribution in [3.8, 4) is 11.4 Å². The second kappa shape index (κ2) is 8.56. The largest absolute Gasteiger partial charge is 0.497 e. The topological polar surface area (TPSA) is 61.9 Å². The summed E-state index contributed by atoms with van der Waals surface area (Å²) in [7, 11) is 1.62. The molecule has 0 N–H and O–H groups in total. The molecule has 0 radical (unpaired) electrons. The minimum atomic E-state index is -0.0873. The number of aromatic nitrogens is 4. The monoisotopic (exact) mass is 456 g/mol. The number of ether oxygens (including phenoxy) is 1. The van der Waals surface area contributed by atoms with Crippen molar-refractivity contribution in [3.63, 3.8) is 0 Å². The molecule has 0 bridgehead atoms. The zero-order valence-electron chi connectivity index (χ0n) is 18.2. The van der Waals surface area contributed by atoms with Gasteiger partial charge < -0.3 is 9.30 Å². The van der Waals surface area contributed by atoms with Crippen molar-refractivity contribution in [1.29, 1.82) is 0 Å². The summed E-state index contributed by atoms with van der Waals surface area (Å²) in [5.41, 5.74) is 4.89. The number of carbonyl (C=O) groups excluding carboxylic acids is 1. The summed E-state index contributed by atoms with van der Waals surface area (Å²) in [6.45, 7) is 2.59. The zero-order valence-corrected chi connectivity index (χ0v) is 19.0. The van der Waals surface area contributed by atoms with Crippen LogP contribution in [0.25, 0.3) is 16.6 Å². The maximum absolute atomic E-state index is 13.7. The third-order valence-electron chi connectivity index (χ3n) is 5.77. The predicted molar refractivity (Wildman–Crippen MR) is 129 cm³/mol. The number of methoxy groups -OCH3 is 1. The average Bonchev–Trinajstić information content (AvgIpc) is 3.44. The van der Waals surface area contributed by atoms with E-state index in [9.17, 15) is 4.79 Å². The molecule has 0 fully saturated rings. The van der Waals surface area contributed by atoms with E-state index in [2.05, 4.69) is 14.6 Å². The Morgan fingerprint density at radius 3 is 2.64 bits per heavy atom. The Kier molecular flexibility index (Phi) is 5.44. The first-order valence-corrected chi connectivity index (χ1v) is 10.8. The summed E-state index contributed by atoms with van der Waals surface area (Å²) in [6, 6.07) is 17.3. The van der Waals surface area contributed by atoms with Crippen LogP contribution in [0.5, 0.6) is 5.75 Å². The Bertz CT molecular complexity index is 1450. The van der Waals surface area contributed by atoms with E-state index in [-0.39, 0.29) is 5.78 Å². The van der Waals surface area contributed by atoms with Crippen LogP contribution in [-0.2, 0) is 6.54 Å². The van der Waals surface area contributed by atoms with Gasteiger partial charge in [0.25, 0.3) is 0 Å². The van der Waals surface area contributed by atoms with E-state index in [0.29, 0.717) is 28.4 Å². The maximum atomic E-state index is 13.7. The number of rotatable bonds is 6. The van der Waals surface area contributed by atoms with E-state index in [1.54, 1.807) is 36.6 Å². The molecule has 33 heavy (non-hydrogen) atoms. The summed E-state index contributed by atoms with van der Waals surface area (Å²) >= 11 is 6.06. The molecule has 0 amide bonds. The highest BCUT2D eigenvalue weighted by atomic mass is 35.5. The minimum Gasteiger partial charge on any atom is -0.497 e. The second-order valence-corrected chi connectivity index (χ2v) is 8.21. The van der Waals surface area contributed by atoms with Crippen molar-refractivity contribution in [2.45, 2.75) is 13.5 Å². The summed E-state index contributed by atoms with van der Waals surface area (Å²) < 4.78 is 9.25. The predicted octanol–water partition coefficient (Wildman–Crippen LogP) is 5.47. The quantitative estimate of drug-likeness (QED) is 0.318. The highest BCUT2D eigenvalue weighted by Crippen LogP contribution is 2.32. The fraction of sp³-hybridized carbons (Fsp3) is 0.115. The molecule has 2 aromatic carbocycles. The van der Waals surface area contributed by atoms with Gasteiger partial charge in [-0.05, 0) is 55.0 Å². The van der Waals surface area contributed by atoms with Crippen molar-refractivity contribution in [3.05, 3.63) is 107 Å². The van der Waals surface area contributed by atoms with Crippen LogP contribution in [0.4, 0.5) is 0 Å². The second-order valence-electron chi connectivity index (χ2n) is 7.77. The minimum absolute atomic E-state index is 0.0873. The number of hydrogen-bond donors (Lipinski definition) is 0. The normalized spacial score (nSPS) is 11.1. The van der Waals surface area contributed by atoms with Crippen molar-refractivity contribution >= 4 is 28.3 Å². The molecule has 0 aliphatic heterocycles. The van der Waals surface area contributed by atoms with Crippen LogP contribution in [0, 0.1) is 6.92 Å². The van der Waals surface area contributed by atoms with Crippen LogP contribution in [0.15, 0.2) is 79.4 Å². The number of pyridine rings is 1. The Balaban J connectivity index is 1.61. The molecular weight excluding hydrogens is 436 g/mol. The number of hydrogen-bond acceptors (Lipinski definition) is 4. The van der Waals surface area contributed by atoms with Gasteiger partial charge in [0.2, 0.25) is 0 Å². The van der Waals surface area contributed by atoms with E-state index < -0.39 is 0 Å². The van der Waals surface area contributed by atoms with Crippen molar-refractivity contribution in [2.75, 3.05) is 7.11 Å². The van der Waals surface area contributed by atoms with Gasteiger partial charge in [-0.3, -0.25) is 9.78 Å². The van der Waals surface area contributed by atoms with Crippen LogP contribution < -0.4 is 4.74 Å². The third kappa shape index (κ3) is 3.90. The Morgan fingerprint density at radius 1 is 1.09 bits per heavy atom. The lowest BCUT2D eigenvalue weighted by atomic mass is 10.0.